The molecule has 0 unspecified atom stereocenters. The minimum Gasteiger partial charge on any atom is -0.300 e. The molecule has 0 saturated heterocycles. The quantitative estimate of drug-likeness (QED) is 0.711. The van der Waals surface area contributed by atoms with Crippen LogP contribution in [0.1, 0.15) is 23.6 Å². The topological polar surface area (TPSA) is 17.1 Å². The number of ketones is 1. The zero-order chi connectivity index (χ0) is 10.0. The first-order valence-electron chi connectivity index (χ1n) is 4.25. The van der Waals surface area contributed by atoms with Gasteiger partial charge in [-0.15, -0.1) is 0 Å². The number of carbonyl (C=O) groups excluding carboxylic acids is 1. The minimum atomic E-state index is 0.166. The van der Waals surface area contributed by atoms with E-state index in [0.717, 1.165) is 21.7 Å². The van der Waals surface area contributed by atoms with Crippen LogP contribution in [0.4, 0.5) is 0 Å². The highest BCUT2D eigenvalue weighted by molar-refractivity contribution is 6.31. The van der Waals surface area contributed by atoms with Crippen molar-refractivity contribution in [1.82, 2.24) is 0 Å². The van der Waals surface area contributed by atoms with Crippen LogP contribution < -0.4 is 0 Å². The summed E-state index contributed by atoms with van der Waals surface area (Å²) >= 11 is 5.99. The van der Waals surface area contributed by atoms with E-state index in [0.29, 0.717) is 6.42 Å². The van der Waals surface area contributed by atoms with Crippen LogP contribution in [0, 0.1) is 13.8 Å². The standard InChI is InChI=1S/C11H13ClO/c1-7-4-10(5-8(2)13)6-11(12)9(7)3/h4,6H,5H2,1-3H3. The van der Waals surface area contributed by atoms with Crippen LogP contribution in [-0.4, -0.2) is 5.78 Å². The number of hydrogen-bond acceptors (Lipinski definition) is 1. The van der Waals surface area contributed by atoms with E-state index in [9.17, 15) is 4.79 Å². The smallest absolute Gasteiger partial charge is 0.134 e. The summed E-state index contributed by atoms with van der Waals surface area (Å²) in [6.45, 7) is 5.57. The highest BCUT2D eigenvalue weighted by atomic mass is 35.5. The fourth-order valence-corrected chi connectivity index (χ4v) is 1.57. The van der Waals surface area contributed by atoms with E-state index in [4.69, 9.17) is 11.6 Å². The summed E-state index contributed by atoms with van der Waals surface area (Å²) in [5, 5.41) is 0.747. The van der Waals surface area contributed by atoms with E-state index < -0.39 is 0 Å². The van der Waals surface area contributed by atoms with E-state index in [2.05, 4.69) is 0 Å². The molecule has 1 nitrogen and oxygen atoms in total. The Morgan fingerprint density at radius 1 is 1.38 bits per heavy atom. The van der Waals surface area contributed by atoms with Crippen LogP contribution in [-0.2, 0) is 11.2 Å². The highest BCUT2D eigenvalue weighted by Crippen LogP contribution is 2.21. The molecule has 13 heavy (non-hydrogen) atoms. The van der Waals surface area contributed by atoms with Gasteiger partial charge in [-0.05, 0) is 43.5 Å². The third-order valence-electron chi connectivity index (χ3n) is 2.12. The van der Waals surface area contributed by atoms with Gasteiger partial charge >= 0.3 is 0 Å². The van der Waals surface area contributed by atoms with Crippen molar-refractivity contribution in [3.05, 3.63) is 33.8 Å². The van der Waals surface area contributed by atoms with Crippen molar-refractivity contribution in [1.29, 1.82) is 0 Å². The maximum Gasteiger partial charge on any atom is 0.134 e. The third kappa shape index (κ3) is 2.56. The van der Waals surface area contributed by atoms with Gasteiger partial charge in [0, 0.05) is 11.4 Å². The second-order valence-electron chi connectivity index (χ2n) is 3.40. The fourth-order valence-electron chi connectivity index (χ4n) is 1.28. The largest absolute Gasteiger partial charge is 0.300 e. The molecule has 1 rings (SSSR count). The third-order valence-corrected chi connectivity index (χ3v) is 2.51. The van der Waals surface area contributed by atoms with Gasteiger partial charge in [0.1, 0.15) is 5.78 Å². The maximum absolute atomic E-state index is 10.9. The second-order valence-corrected chi connectivity index (χ2v) is 3.81. The lowest BCUT2D eigenvalue weighted by molar-refractivity contribution is -0.116. The molecule has 0 spiro atoms. The molecule has 0 aromatic heterocycles. The number of aryl methyl sites for hydroxylation is 1. The van der Waals surface area contributed by atoms with Crippen LogP contribution in [0.25, 0.3) is 0 Å². The molecule has 0 N–H and O–H groups in total. The first-order chi connectivity index (χ1) is 6.00. The Kier molecular flexibility index (Phi) is 3.10. The van der Waals surface area contributed by atoms with E-state index >= 15 is 0 Å². The van der Waals surface area contributed by atoms with Crippen LogP contribution in [0.2, 0.25) is 5.02 Å². The molecule has 0 amide bonds. The van der Waals surface area contributed by atoms with Gasteiger partial charge in [-0.3, -0.25) is 4.79 Å². The van der Waals surface area contributed by atoms with Gasteiger partial charge in [0.25, 0.3) is 0 Å². The molecule has 1 aromatic rings. The predicted octanol–water partition coefficient (Wildman–Crippen LogP) is 3.09. The van der Waals surface area contributed by atoms with Crippen molar-refractivity contribution in [2.75, 3.05) is 0 Å². The van der Waals surface area contributed by atoms with Gasteiger partial charge in [0.2, 0.25) is 0 Å². The van der Waals surface area contributed by atoms with Crippen molar-refractivity contribution in [3.8, 4) is 0 Å². The van der Waals surface area contributed by atoms with Crippen molar-refractivity contribution in [2.45, 2.75) is 27.2 Å². The number of benzene rings is 1. The van der Waals surface area contributed by atoms with Gasteiger partial charge in [-0.25, -0.2) is 0 Å². The molecule has 0 saturated carbocycles. The Balaban J connectivity index is 3.06. The Morgan fingerprint density at radius 2 is 2.00 bits per heavy atom. The van der Waals surface area contributed by atoms with Crippen LogP contribution >= 0.6 is 11.6 Å². The van der Waals surface area contributed by atoms with Gasteiger partial charge < -0.3 is 0 Å². The molecule has 0 fully saturated rings. The molecule has 2 heteroatoms. The van der Waals surface area contributed by atoms with Crippen LogP contribution in [0.3, 0.4) is 0 Å². The SMILES string of the molecule is CC(=O)Cc1cc(C)c(C)c(Cl)c1. The first kappa shape index (κ1) is 10.3. The summed E-state index contributed by atoms with van der Waals surface area (Å²) in [6, 6.07) is 3.88. The molecule has 0 radical (unpaired) electrons. The summed E-state index contributed by atoms with van der Waals surface area (Å²) in [5.74, 6) is 0.166. The minimum absolute atomic E-state index is 0.166. The highest BCUT2D eigenvalue weighted by Gasteiger charge is 2.03. The van der Waals surface area contributed by atoms with Crippen molar-refractivity contribution < 1.29 is 4.79 Å². The predicted molar refractivity (Wildman–Crippen MR) is 55.3 cm³/mol. The van der Waals surface area contributed by atoms with Crippen LogP contribution in [0.5, 0.6) is 0 Å². The Labute approximate surface area is 83.7 Å². The number of hydrogen-bond donors (Lipinski definition) is 0. The van der Waals surface area contributed by atoms with E-state index in [-0.39, 0.29) is 5.78 Å². The maximum atomic E-state index is 10.9. The number of halogens is 1. The Bertz CT molecular complexity index is 319. The van der Waals surface area contributed by atoms with Gasteiger partial charge in [-0.2, -0.15) is 0 Å². The zero-order valence-electron chi connectivity index (χ0n) is 8.15. The van der Waals surface area contributed by atoms with Crippen molar-refractivity contribution in [2.24, 2.45) is 0 Å². The molecular weight excluding hydrogens is 184 g/mol. The molecule has 0 atom stereocenters. The lowest BCUT2D eigenvalue weighted by Crippen LogP contribution is -1.97. The molecule has 1 aromatic carbocycles. The van der Waals surface area contributed by atoms with E-state index in [1.165, 1.54) is 0 Å². The molecule has 0 aliphatic heterocycles. The lowest BCUT2D eigenvalue weighted by Gasteiger charge is -2.05. The molecule has 0 aliphatic carbocycles. The number of rotatable bonds is 2. The Morgan fingerprint density at radius 3 is 2.46 bits per heavy atom. The van der Waals surface area contributed by atoms with Crippen molar-refractivity contribution >= 4 is 17.4 Å². The lowest BCUT2D eigenvalue weighted by atomic mass is 10.0. The van der Waals surface area contributed by atoms with Crippen molar-refractivity contribution in [3.63, 3.8) is 0 Å². The summed E-state index contributed by atoms with van der Waals surface area (Å²) in [4.78, 5) is 10.9. The number of Topliss-reactive ketones (excluding diaryl/α,β-unsaturated/α-hetero) is 1. The molecule has 0 aliphatic rings. The van der Waals surface area contributed by atoms with Gasteiger partial charge in [0.05, 0.1) is 0 Å². The zero-order valence-corrected chi connectivity index (χ0v) is 8.90. The molecule has 0 bridgehead atoms. The summed E-state index contributed by atoms with van der Waals surface area (Å²) < 4.78 is 0. The van der Waals surface area contributed by atoms with Gasteiger partial charge in [-0.1, -0.05) is 17.7 Å². The van der Waals surface area contributed by atoms with E-state index in [1.807, 2.05) is 26.0 Å². The average Bonchev–Trinajstić information content (AvgIpc) is 1.98. The summed E-state index contributed by atoms with van der Waals surface area (Å²) in [6.07, 6.45) is 0.473. The average molecular weight is 197 g/mol. The molecule has 0 heterocycles. The second kappa shape index (κ2) is 3.93. The molecule has 70 valence electrons. The fraction of sp³-hybridized carbons (Fsp3) is 0.364. The van der Waals surface area contributed by atoms with Crippen LogP contribution in [0.15, 0.2) is 12.1 Å². The van der Waals surface area contributed by atoms with E-state index in [1.54, 1.807) is 6.92 Å². The molecular formula is C11H13ClO. The summed E-state index contributed by atoms with van der Waals surface area (Å²) in [7, 11) is 0. The first-order valence-corrected chi connectivity index (χ1v) is 4.63. The summed E-state index contributed by atoms with van der Waals surface area (Å²) in [5.41, 5.74) is 3.23. The van der Waals surface area contributed by atoms with Gasteiger partial charge in [0.15, 0.2) is 0 Å². The normalized spacial score (nSPS) is 10.2. The monoisotopic (exact) mass is 196 g/mol. The Hall–Kier alpha value is -0.820. The number of carbonyl (C=O) groups is 1.